The van der Waals surface area contributed by atoms with Gasteiger partial charge in [-0.25, -0.2) is 0 Å². The molecular formula is C22H18N4S2. The Morgan fingerprint density at radius 1 is 0.893 bits per heavy atom. The van der Waals surface area contributed by atoms with Crippen molar-refractivity contribution >= 4 is 44.8 Å². The SMILES string of the molecule is CCn1c(SCc2nc3ccccc3c3ccccc23)nnc1-c1cccs1. The molecule has 0 fully saturated rings. The normalized spacial score (nSPS) is 11.5. The van der Waals surface area contributed by atoms with Crippen molar-refractivity contribution in [1.82, 2.24) is 19.7 Å². The molecule has 5 rings (SSSR count). The Balaban J connectivity index is 1.53. The van der Waals surface area contributed by atoms with Crippen molar-refractivity contribution in [3.63, 3.8) is 0 Å². The van der Waals surface area contributed by atoms with Crippen LogP contribution in [-0.2, 0) is 12.3 Å². The number of fused-ring (bicyclic) bond motifs is 3. The molecular weight excluding hydrogens is 384 g/mol. The Bertz CT molecular complexity index is 1260. The molecule has 0 spiro atoms. The highest BCUT2D eigenvalue weighted by atomic mass is 32.2. The van der Waals surface area contributed by atoms with Gasteiger partial charge < -0.3 is 4.57 Å². The molecule has 3 heterocycles. The van der Waals surface area contributed by atoms with Crippen molar-refractivity contribution in [3.05, 3.63) is 71.7 Å². The van der Waals surface area contributed by atoms with Gasteiger partial charge in [0.1, 0.15) is 0 Å². The molecule has 4 nitrogen and oxygen atoms in total. The van der Waals surface area contributed by atoms with Crippen LogP contribution >= 0.6 is 23.1 Å². The summed E-state index contributed by atoms with van der Waals surface area (Å²) in [6, 6.07) is 21.0. The molecule has 6 heteroatoms. The summed E-state index contributed by atoms with van der Waals surface area (Å²) in [6.45, 7) is 2.97. The number of aromatic nitrogens is 4. The molecule has 3 aromatic heterocycles. The number of thioether (sulfide) groups is 1. The number of benzene rings is 2. The molecule has 0 atom stereocenters. The Morgan fingerprint density at radius 2 is 1.68 bits per heavy atom. The van der Waals surface area contributed by atoms with E-state index >= 15 is 0 Å². The second-order valence-electron chi connectivity index (χ2n) is 6.44. The molecule has 0 N–H and O–H groups in total. The molecule has 0 bridgehead atoms. The van der Waals surface area contributed by atoms with E-state index in [1.54, 1.807) is 23.1 Å². The van der Waals surface area contributed by atoms with E-state index in [9.17, 15) is 0 Å². The van der Waals surface area contributed by atoms with Crippen molar-refractivity contribution in [1.29, 1.82) is 0 Å². The van der Waals surface area contributed by atoms with E-state index < -0.39 is 0 Å². The summed E-state index contributed by atoms with van der Waals surface area (Å²) >= 11 is 3.39. The highest BCUT2D eigenvalue weighted by molar-refractivity contribution is 7.98. The molecule has 0 aliphatic carbocycles. The summed E-state index contributed by atoms with van der Waals surface area (Å²) in [5.41, 5.74) is 2.12. The Kier molecular flexibility index (Phi) is 4.58. The van der Waals surface area contributed by atoms with Crippen LogP contribution in [0.25, 0.3) is 32.4 Å². The minimum Gasteiger partial charge on any atom is -0.302 e. The van der Waals surface area contributed by atoms with Crippen molar-refractivity contribution in [3.8, 4) is 10.7 Å². The number of nitrogens with zero attached hydrogens (tertiary/aromatic N) is 4. The molecule has 2 aromatic carbocycles. The molecule has 28 heavy (non-hydrogen) atoms. The first-order valence-corrected chi connectivity index (χ1v) is 11.1. The van der Waals surface area contributed by atoms with Crippen LogP contribution in [0.15, 0.2) is 71.2 Å². The smallest absolute Gasteiger partial charge is 0.191 e. The van der Waals surface area contributed by atoms with Gasteiger partial charge in [-0.1, -0.05) is 60.3 Å². The Morgan fingerprint density at radius 3 is 2.46 bits per heavy atom. The van der Waals surface area contributed by atoms with Crippen molar-refractivity contribution in [2.75, 3.05) is 0 Å². The van der Waals surface area contributed by atoms with Crippen molar-refractivity contribution < 1.29 is 0 Å². The fraction of sp³-hybridized carbons (Fsp3) is 0.136. The van der Waals surface area contributed by atoms with E-state index in [0.29, 0.717) is 0 Å². The zero-order valence-electron chi connectivity index (χ0n) is 15.4. The summed E-state index contributed by atoms with van der Waals surface area (Å²) < 4.78 is 2.18. The largest absolute Gasteiger partial charge is 0.302 e. The number of hydrogen-bond acceptors (Lipinski definition) is 5. The lowest BCUT2D eigenvalue weighted by Gasteiger charge is -2.10. The van der Waals surface area contributed by atoms with Crippen LogP contribution in [0.1, 0.15) is 12.6 Å². The van der Waals surface area contributed by atoms with Gasteiger partial charge in [0.05, 0.1) is 16.1 Å². The van der Waals surface area contributed by atoms with E-state index in [4.69, 9.17) is 4.98 Å². The number of thiophene rings is 1. The molecule has 0 unspecified atom stereocenters. The Labute approximate surface area is 171 Å². The molecule has 0 radical (unpaired) electrons. The molecule has 0 saturated heterocycles. The topological polar surface area (TPSA) is 43.6 Å². The standard InChI is InChI=1S/C22H18N4S2/c1-2-26-21(20-12-7-13-27-20)24-25-22(26)28-14-19-17-10-4-3-8-15(17)16-9-5-6-11-18(16)23-19/h3-13H,2,14H2,1H3. The van der Waals surface area contributed by atoms with Crippen LogP contribution in [-0.4, -0.2) is 19.7 Å². The van der Waals surface area contributed by atoms with E-state index in [1.807, 2.05) is 12.1 Å². The second-order valence-corrected chi connectivity index (χ2v) is 8.33. The summed E-state index contributed by atoms with van der Waals surface area (Å²) in [5.74, 6) is 1.70. The number of rotatable bonds is 5. The third-order valence-corrected chi connectivity index (χ3v) is 6.64. The van der Waals surface area contributed by atoms with Crippen LogP contribution in [0, 0.1) is 0 Å². The summed E-state index contributed by atoms with van der Waals surface area (Å²) in [7, 11) is 0. The van der Waals surface area contributed by atoms with Gasteiger partial charge in [-0.15, -0.1) is 21.5 Å². The lowest BCUT2D eigenvalue weighted by Crippen LogP contribution is -1.99. The average molecular weight is 403 g/mol. The molecule has 0 aliphatic rings. The number of pyridine rings is 1. The maximum atomic E-state index is 4.95. The fourth-order valence-corrected chi connectivity index (χ4v) is 5.16. The van der Waals surface area contributed by atoms with Crippen LogP contribution < -0.4 is 0 Å². The van der Waals surface area contributed by atoms with Crippen molar-refractivity contribution in [2.24, 2.45) is 0 Å². The van der Waals surface area contributed by atoms with Crippen LogP contribution in [0.3, 0.4) is 0 Å². The van der Waals surface area contributed by atoms with Gasteiger partial charge >= 0.3 is 0 Å². The van der Waals surface area contributed by atoms with Gasteiger partial charge in [0.25, 0.3) is 0 Å². The van der Waals surface area contributed by atoms with Gasteiger partial charge in [0.2, 0.25) is 0 Å². The first kappa shape index (κ1) is 17.4. The number of hydrogen-bond donors (Lipinski definition) is 0. The zero-order chi connectivity index (χ0) is 18.9. The summed E-state index contributed by atoms with van der Waals surface area (Å²) in [5, 5.41) is 15.5. The second kappa shape index (κ2) is 7.37. The quantitative estimate of drug-likeness (QED) is 0.266. The highest BCUT2D eigenvalue weighted by Crippen LogP contribution is 2.32. The predicted molar refractivity (Wildman–Crippen MR) is 118 cm³/mol. The van der Waals surface area contributed by atoms with E-state index in [1.165, 1.54) is 16.2 Å². The fourth-order valence-electron chi connectivity index (χ4n) is 3.49. The van der Waals surface area contributed by atoms with E-state index in [-0.39, 0.29) is 0 Å². The molecule has 0 amide bonds. The third kappa shape index (κ3) is 2.99. The van der Waals surface area contributed by atoms with Gasteiger partial charge in [0, 0.05) is 23.1 Å². The predicted octanol–water partition coefficient (Wildman–Crippen LogP) is 6.02. The average Bonchev–Trinajstić information content (AvgIpc) is 3.41. The summed E-state index contributed by atoms with van der Waals surface area (Å²) in [4.78, 5) is 6.10. The van der Waals surface area contributed by atoms with Gasteiger partial charge in [-0.05, 0) is 29.8 Å². The monoisotopic (exact) mass is 402 g/mol. The van der Waals surface area contributed by atoms with Gasteiger partial charge in [-0.2, -0.15) is 0 Å². The lowest BCUT2D eigenvalue weighted by molar-refractivity contribution is 0.688. The van der Waals surface area contributed by atoms with Crippen LogP contribution in [0.5, 0.6) is 0 Å². The number of para-hydroxylation sites is 1. The third-order valence-electron chi connectivity index (χ3n) is 4.80. The minimum atomic E-state index is 0.758. The zero-order valence-corrected chi connectivity index (χ0v) is 17.0. The van der Waals surface area contributed by atoms with Crippen molar-refractivity contribution in [2.45, 2.75) is 24.4 Å². The lowest BCUT2D eigenvalue weighted by atomic mass is 10.0. The molecule has 5 aromatic rings. The maximum absolute atomic E-state index is 4.95. The van der Waals surface area contributed by atoms with Crippen LogP contribution in [0.4, 0.5) is 0 Å². The first-order chi connectivity index (χ1) is 13.8. The molecule has 138 valence electrons. The molecule has 0 aliphatic heterocycles. The van der Waals surface area contributed by atoms with Gasteiger partial charge in [-0.3, -0.25) is 4.98 Å². The Hall–Kier alpha value is -2.70. The van der Waals surface area contributed by atoms with E-state index in [0.717, 1.165) is 39.4 Å². The van der Waals surface area contributed by atoms with Crippen LogP contribution in [0.2, 0.25) is 0 Å². The minimum absolute atomic E-state index is 0.758. The van der Waals surface area contributed by atoms with E-state index in [2.05, 4.69) is 75.6 Å². The molecule has 0 saturated carbocycles. The van der Waals surface area contributed by atoms with Gasteiger partial charge in [0.15, 0.2) is 11.0 Å². The maximum Gasteiger partial charge on any atom is 0.191 e. The summed E-state index contributed by atoms with van der Waals surface area (Å²) in [6.07, 6.45) is 0. The highest BCUT2D eigenvalue weighted by Gasteiger charge is 2.15. The first-order valence-electron chi connectivity index (χ1n) is 9.21.